The molecule has 2 aliphatic heterocycles. The average molecular weight is 253 g/mol. The van der Waals surface area contributed by atoms with Gasteiger partial charge < -0.3 is 15.1 Å². The summed E-state index contributed by atoms with van der Waals surface area (Å²) in [5.74, 6) is -0.183. The fraction of sp³-hybridized carbons (Fsp3) is 0.750. The first-order chi connectivity index (χ1) is 8.63. The highest BCUT2D eigenvalue weighted by atomic mass is 16.2. The van der Waals surface area contributed by atoms with E-state index < -0.39 is 6.04 Å². The summed E-state index contributed by atoms with van der Waals surface area (Å²) in [4.78, 5) is 38.4. The van der Waals surface area contributed by atoms with E-state index in [-0.39, 0.29) is 30.9 Å². The van der Waals surface area contributed by atoms with Crippen molar-refractivity contribution in [2.24, 2.45) is 0 Å². The Morgan fingerprint density at radius 3 is 2.72 bits per heavy atom. The fourth-order valence-electron chi connectivity index (χ4n) is 2.52. The highest BCUT2D eigenvalue weighted by Gasteiger charge is 2.36. The second kappa shape index (κ2) is 5.37. The Balaban J connectivity index is 2.06. The van der Waals surface area contributed by atoms with Crippen LogP contribution in [-0.2, 0) is 14.4 Å². The van der Waals surface area contributed by atoms with Gasteiger partial charge in [0.05, 0.1) is 6.67 Å². The number of hydrogen-bond donors (Lipinski definition) is 1. The van der Waals surface area contributed by atoms with Gasteiger partial charge in [-0.05, 0) is 12.8 Å². The zero-order chi connectivity index (χ0) is 13.1. The van der Waals surface area contributed by atoms with Crippen LogP contribution in [0, 0.1) is 0 Å². The van der Waals surface area contributed by atoms with Gasteiger partial charge in [-0.25, -0.2) is 0 Å². The highest BCUT2D eigenvalue weighted by molar-refractivity contribution is 5.92. The van der Waals surface area contributed by atoms with Crippen molar-refractivity contribution < 1.29 is 14.4 Å². The Bertz CT molecular complexity index is 370. The molecule has 18 heavy (non-hydrogen) atoms. The zero-order valence-electron chi connectivity index (χ0n) is 10.6. The quantitative estimate of drug-likeness (QED) is 0.747. The van der Waals surface area contributed by atoms with Crippen LogP contribution in [0.15, 0.2) is 0 Å². The van der Waals surface area contributed by atoms with E-state index in [4.69, 9.17) is 0 Å². The largest absolute Gasteiger partial charge is 0.337 e. The molecule has 0 radical (unpaired) electrons. The molecule has 0 aromatic rings. The van der Waals surface area contributed by atoms with E-state index in [0.717, 1.165) is 12.8 Å². The summed E-state index contributed by atoms with van der Waals surface area (Å²) in [6, 6.07) is -0.391. The molecule has 0 spiro atoms. The second-order valence-corrected chi connectivity index (χ2v) is 4.79. The standard InChI is InChI=1S/C12H19N3O3/c1-2-4-9(15-6-3-5-11(15)17)12(18)14-7-10(16)13-8-14/h9H,2-8H2,1H3,(H,13,16). The van der Waals surface area contributed by atoms with Crippen LogP contribution < -0.4 is 5.32 Å². The summed E-state index contributed by atoms with van der Waals surface area (Å²) in [6.07, 6.45) is 2.86. The van der Waals surface area contributed by atoms with Crippen molar-refractivity contribution in [1.82, 2.24) is 15.1 Å². The van der Waals surface area contributed by atoms with Crippen LogP contribution in [0.1, 0.15) is 32.6 Å². The van der Waals surface area contributed by atoms with Gasteiger partial charge in [-0.15, -0.1) is 0 Å². The molecule has 0 aromatic heterocycles. The van der Waals surface area contributed by atoms with Crippen molar-refractivity contribution in [1.29, 1.82) is 0 Å². The van der Waals surface area contributed by atoms with E-state index in [9.17, 15) is 14.4 Å². The predicted molar refractivity (Wildman–Crippen MR) is 64.4 cm³/mol. The number of nitrogens with zero attached hydrogens (tertiary/aromatic N) is 2. The van der Waals surface area contributed by atoms with Crippen LogP contribution in [0.5, 0.6) is 0 Å². The lowest BCUT2D eigenvalue weighted by molar-refractivity contribution is -0.143. The molecule has 1 N–H and O–H groups in total. The summed E-state index contributed by atoms with van der Waals surface area (Å²) < 4.78 is 0. The molecule has 2 heterocycles. The number of carbonyl (C=O) groups is 3. The number of rotatable bonds is 4. The van der Waals surface area contributed by atoms with Crippen molar-refractivity contribution in [2.45, 2.75) is 38.6 Å². The Morgan fingerprint density at radius 2 is 2.22 bits per heavy atom. The van der Waals surface area contributed by atoms with Gasteiger partial charge in [0.2, 0.25) is 17.7 Å². The molecule has 6 nitrogen and oxygen atoms in total. The maximum atomic E-state index is 12.4. The van der Waals surface area contributed by atoms with E-state index in [1.54, 1.807) is 4.90 Å². The molecule has 0 aromatic carbocycles. The van der Waals surface area contributed by atoms with E-state index in [2.05, 4.69) is 5.32 Å². The van der Waals surface area contributed by atoms with E-state index >= 15 is 0 Å². The molecular formula is C12H19N3O3. The lowest BCUT2D eigenvalue weighted by atomic mass is 10.1. The van der Waals surface area contributed by atoms with Crippen molar-refractivity contribution >= 4 is 17.7 Å². The SMILES string of the molecule is CCCC(C(=O)N1CNC(=O)C1)N1CCCC1=O. The summed E-state index contributed by atoms with van der Waals surface area (Å²) in [6.45, 7) is 3.03. The minimum Gasteiger partial charge on any atom is -0.337 e. The maximum absolute atomic E-state index is 12.4. The third-order valence-electron chi connectivity index (χ3n) is 3.45. The summed E-state index contributed by atoms with van der Waals surface area (Å²) in [5.41, 5.74) is 0. The first-order valence-electron chi connectivity index (χ1n) is 6.48. The summed E-state index contributed by atoms with van der Waals surface area (Å²) >= 11 is 0. The summed E-state index contributed by atoms with van der Waals surface area (Å²) in [7, 11) is 0. The molecule has 2 rings (SSSR count). The second-order valence-electron chi connectivity index (χ2n) is 4.79. The minimum absolute atomic E-state index is 0.0558. The van der Waals surface area contributed by atoms with Crippen molar-refractivity contribution in [2.75, 3.05) is 19.8 Å². The molecule has 2 fully saturated rings. The molecule has 1 unspecified atom stereocenters. The first-order valence-corrected chi connectivity index (χ1v) is 6.48. The van der Waals surface area contributed by atoms with Gasteiger partial charge in [0, 0.05) is 13.0 Å². The first kappa shape index (κ1) is 12.9. The monoisotopic (exact) mass is 253 g/mol. The van der Waals surface area contributed by atoms with Crippen LogP contribution in [0.4, 0.5) is 0 Å². The number of likely N-dealkylation sites (tertiary alicyclic amines) is 1. The van der Waals surface area contributed by atoms with Crippen molar-refractivity contribution in [3.8, 4) is 0 Å². The number of hydrogen-bond acceptors (Lipinski definition) is 3. The Kier molecular flexibility index (Phi) is 3.84. The third-order valence-corrected chi connectivity index (χ3v) is 3.45. The molecular weight excluding hydrogens is 234 g/mol. The van der Waals surface area contributed by atoms with Crippen molar-refractivity contribution in [3.63, 3.8) is 0 Å². The van der Waals surface area contributed by atoms with Crippen LogP contribution in [0.25, 0.3) is 0 Å². The predicted octanol–water partition coefficient (Wildman–Crippen LogP) is -0.307. The summed E-state index contributed by atoms with van der Waals surface area (Å²) in [5, 5.41) is 2.61. The Hall–Kier alpha value is -1.59. The van der Waals surface area contributed by atoms with Gasteiger partial charge in [0.25, 0.3) is 0 Å². The molecule has 0 aliphatic carbocycles. The Labute approximate surface area is 106 Å². The molecule has 0 bridgehead atoms. The van der Waals surface area contributed by atoms with Gasteiger partial charge in [0.15, 0.2) is 0 Å². The number of nitrogens with one attached hydrogen (secondary N) is 1. The molecule has 0 saturated carbocycles. The number of amides is 3. The van der Waals surface area contributed by atoms with Gasteiger partial charge in [-0.3, -0.25) is 14.4 Å². The van der Waals surface area contributed by atoms with Crippen LogP contribution in [0.2, 0.25) is 0 Å². The zero-order valence-corrected chi connectivity index (χ0v) is 10.6. The van der Waals surface area contributed by atoms with E-state index in [1.165, 1.54) is 4.90 Å². The normalized spacial score (nSPS) is 21.4. The lowest BCUT2D eigenvalue weighted by Crippen LogP contribution is -2.48. The average Bonchev–Trinajstić information content (AvgIpc) is 2.94. The van der Waals surface area contributed by atoms with Crippen LogP contribution in [0.3, 0.4) is 0 Å². The Morgan fingerprint density at radius 1 is 1.44 bits per heavy atom. The topological polar surface area (TPSA) is 69.7 Å². The van der Waals surface area contributed by atoms with Crippen molar-refractivity contribution in [3.05, 3.63) is 0 Å². The van der Waals surface area contributed by atoms with E-state index in [1.807, 2.05) is 6.92 Å². The highest BCUT2D eigenvalue weighted by Crippen LogP contribution is 2.19. The molecule has 6 heteroatoms. The molecule has 2 saturated heterocycles. The molecule has 100 valence electrons. The smallest absolute Gasteiger partial charge is 0.247 e. The minimum atomic E-state index is -0.391. The van der Waals surface area contributed by atoms with Gasteiger partial charge >= 0.3 is 0 Å². The lowest BCUT2D eigenvalue weighted by Gasteiger charge is -2.29. The molecule has 3 amide bonds. The van der Waals surface area contributed by atoms with Crippen LogP contribution in [-0.4, -0.2) is 53.3 Å². The molecule has 1 atom stereocenters. The fourth-order valence-corrected chi connectivity index (χ4v) is 2.52. The number of carbonyl (C=O) groups excluding carboxylic acids is 3. The van der Waals surface area contributed by atoms with Crippen LogP contribution >= 0.6 is 0 Å². The molecule has 2 aliphatic rings. The van der Waals surface area contributed by atoms with Gasteiger partial charge in [-0.1, -0.05) is 13.3 Å². The van der Waals surface area contributed by atoms with E-state index in [0.29, 0.717) is 19.4 Å². The van der Waals surface area contributed by atoms with Gasteiger partial charge in [0.1, 0.15) is 12.6 Å². The third kappa shape index (κ3) is 2.47. The maximum Gasteiger partial charge on any atom is 0.247 e. The van der Waals surface area contributed by atoms with Gasteiger partial charge in [-0.2, -0.15) is 0 Å².